The number of fused-ring (bicyclic) bond motifs is 7. The van der Waals surface area contributed by atoms with Gasteiger partial charge in [-0.15, -0.1) is 0 Å². The molecule has 0 radical (unpaired) electrons. The van der Waals surface area contributed by atoms with Gasteiger partial charge >= 0.3 is 0 Å². The predicted octanol–water partition coefficient (Wildman–Crippen LogP) is 6.81. The maximum absolute atomic E-state index is 6.57. The van der Waals surface area contributed by atoms with Gasteiger partial charge in [0.15, 0.2) is 0 Å². The third kappa shape index (κ3) is 2.35. The second kappa shape index (κ2) is 6.35. The lowest BCUT2D eigenvalue weighted by molar-refractivity contribution is 0.197. The molecule has 1 unspecified atom stereocenters. The summed E-state index contributed by atoms with van der Waals surface area (Å²) in [5, 5.41) is 0. The molecule has 2 atom stereocenters. The molecule has 7 rings (SSSR count). The van der Waals surface area contributed by atoms with E-state index >= 15 is 0 Å². The molecule has 1 heterocycles. The first-order valence-electron chi connectivity index (χ1n) is 11.6. The van der Waals surface area contributed by atoms with Crippen molar-refractivity contribution in [1.29, 1.82) is 0 Å². The first kappa shape index (κ1) is 16.9. The largest absolute Gasteiger partial charge is 0.489 e. The second-order valence-electron chi connectivity index (χ2n) is 9.38. The molecule has 1 nitrogen and oxygen atoms in total. The molecule has 2 aromatic rings. The van der Waals surface area contributed by atoms with Crippen molar-refractivity contribution in [3.63, 3.8) is 0 Å². The van der Waals surface area contributed by atoms with Gasteiger partial charge in [0.05, 0.1) is 0 Å². The Labute approximate surface area is 178 Å². The molecular weight excluding hydrogens is 364 g/mol. The Morgan fingerprint density at radius 2 is 1.77 bits per heavy atom. The first-order chi connectivity index (χ1) is 14.9. The van der Waals surface area contributed by atoms with Crippen LogP contribution in [0.25, 0.3) is 17.7 Å². The molecule has 30 heavy (non-hydrogen) atoms. The Balaban J connectivity index is 1.27. The monoisotopic (exact) mass is 390 g/mol. The Morgan fingerprint density at radius 3 is 2.77 bits per heavy atom. The molecule has 5 aliphatic rings. The molecule has 0 aromatic heterocycles. The Kier molecular flexibility index (Phi) is 3.58. The van der Waals surface area contributed by atoms with Crippen molar-refractivity contribution in [1.82, 2.24) is 0 Å². The molecule has 0 fully saturated rings. The van der Waals surface area contributed by atoms with Crippen LogP contribution in [-0.4, -0.2) is 6.10 Å². The molecule has 0 spiro atoms. The second-order valence-corrected chi connectivity index (χ2v) is 9.38. The number of rotatable bonds is 1. The van der Waals surface area contributed by atoms with E-state index in [2.05, 4.69) is 60.7 Å². The number of ether oxygens (including phenoxy) is 1. The highest BCUT2D eigenvalue weighted by molar-refractivity contribution is 5.84. The van der Waals surface area contributed by atoms with Crippen LogP contribution in [-0.2, 0) is 19.3 Å². The van der Waals surface area contributed by atoms with E-state index < -0.39 is 0 Å². The summed E-state index contributed by atoms with van der Waals surface area (Å²) in [5.41, 5.74) is 13.5. The molecule has 0 N–H and O–H groups in total. The van der Waals surface area contributed by atoms with Crippen LogP contribution >= 0.6 is 0 Å². The quantitative estimate of drug-likeness (QED) is 0.520. The van der Waals surface area contributed by atoms with Crippen LogP contribution in [0, 0.1) is 0 Å². The molecule has 4 aliphatic carbocycles. The predicted molar refractivity (Wildman–Crippen MR) is 124 cm³/mol. The van der Waals surface area contributed by atoms with Gasteiger partial charge in [-0.2, -0.15) is 0 Å². The van der Waals surface area contributed by atoms with Gasteiger partial charge < -0.3 is 4.74 Å². The van der Waals surface area contributed by atoms with Gasteiger partial charge in [-0.3, -0.25) is 0 Å². The zero-order valence-electron chi connectivity index (χ0n) is 17.3. The molecular formula is C29H26O. The zero-order valence-corrected chi connectivity index (χ0v) is 17.3. The minimum Gasteiger partial charge on any atom is -0.489 e. The van der Waals surface area contributed by atoms with Crippen molar-refractivity contribution in [2.45, 2.75) is 57.0 Å². The SMILES string of the molecule is C1=CC2=C(CC1)CCc1c2ccc2c1C=CCC2[C@@H]1Cc2c(ccc3c2C=CC3)O1. The summed E-state index contributed by atoms with van der Waals surface area (Å²) in [6, 6.07) is 9.28. The van der Waals surface area contributed by atoms with E-state index in [1.165, 1.54) is 64.6 Å². The van der Waals surface area contributed by atoms with Gasteiger partial charge in [-0.05, 0) is 83.5 Å². The van der Waals surface area contributed by atoms with Gasteiger partial charge in [-0.25, -0.2) is 0 Å². The van der Waals surface area contributed by atoms with Gasteiger partial charge in [0, 0.05) is 17.9 Å². The molecule has 1 aliphatic heterocycles. The fraction of sp³-hybridized carbons (Fsp3) is 0.310. The highest BCUT2D eigenvalue weighted by Crippen LogP contribution is 2.46. The van der Waals surface area contributed by atoms with E-state index in [4.69, 9.17) is 4.74 Å². The maximum atomic E-state index is 6.57. The van der Waals surface area contributed by atoms with Gasteiger partial charge in [-0.1, -0.05) is 60.2 Å². The zero-order chi connectivity index (χ0) is 19.7. The Hall–Kier alpha value is -2.80. The highest BCUT2D eigenvalue weighted by Gasteiger charge is 2.36. The van der Waals surface area contributed by atoms with Crippen LogP contribution in [0.5, 0.6) is 5.75 Å². The summed E-state index contributed by atoms with van der Waals surface area (Å²) in [7, 11) is 0. The Bertz CT molecular complexity index is 1200. The van der Waals surface area contributed by atoms with Crippen LogP contribution in [0.2, 0.25) is 0 Å². The van der Waals surface area contributed by atoms with E-state index in [1.807, 2.05) is 0 Å². The lowest BCUT2D eigenvalue weighted by Gasteiger charge is -2.32. The maximum Gasteiger partial charge on any atom is 0.123 e. The number of benzene rings is 2. The summed E-state index contributed by atoms with van der Waals surface area (Å²) >= 11 is 0. The standard InChI is InChI=1S/C29H26O/c1-2-7-20-18(5-1)11-13-24-22-9-4-10-26(25(22)15-14-23(20)24)29-17-27-21-8-3-6-19(21)12-16-28(27)30-29/h2-4,7-9,12,14-16,26,29H,1,5-6,10-11,13,17H2/t26?,29-/m0/s1. The van der Waals surface area contributed by atoms with Crippen molar-refractivity contribution < 1.29 is 4.74 Å². The number of allylic oxidation sites excluding steroid dienone is 6. The van der Waals surface area contributed by atoms with Crippen molar-refractivity contribution in [2.75, 3.05) is 0 Å². The van der Waals surface area contributed by atoms with Crippen LogP contribution in [0.4, 0.5) is 0 Å². The summed E-state index contributed by atoms with van der Waals surface area (Å²) in [6.07, 6.45) is 22.4. The third-order valence-corrected chi connectivity index (χ3v) is 7.87. The molecule has 1 heteroatoms. The summed E-state index contributed by atoms with van der Waals surface area (Å²) in [6.45, 7) is 0. The lowest BCUT2D eigenvalue weighted by atomic mass is 9.74. The van der Waals surface area contributed by atoms with Crippen LogP contribution in [0.3, 0.4) is 0 Å². The van der Waals surface area contributed by atoms with Crippen molar-refractivity contribution in [2.24, 2.45) is 0 Å². The summed E-state index contributed by atoms with van der Waals surface area (Å²) < 4.78 is 6.57. The van der Waals surface area contributed by atoms with E-state index in [0.717, 1.165) is 25.0 Å². The molecule has 0 saturated heterocycles. The Morgan fingerprint density at radius 1 is 0.800 bits per heavy atom. The van der Waals surface area contributed by atoms with Gasteiger partial charge in [0.25, 0.3) is 0 Å². The van der Waals surface area contributed by atoms with Crippen molar-refractivity contribution >= 4 is 17.7 Å². The smallest absolute Gasteiger partial charge is 0.123 e. The van der Waals surface area contributed by atoms with Crippen LogP contribution < -0.4 is 4.74 Å². The highest BCUT2D eigenvalue weighted by atomic mass is 16.5. The molecule has 0 amide bonds. The van der Waals surface area contributed by atoms with Gasteiger partial charge in [0.2, 0.25) is 0 Å². The molecule has 0 bridgehead atoms. The third-order valence-electron chi connectivity index (χ3n) is 7.87. The van der Waals surface area contributed by atoms with E-state index in [9.17, 15) is 0 Å². The van der Waals surface area contributed by atoms with Gasteiger partial charge in [0.1, 0.15) is 11.9 Å². The molecule has 0 saturated carbocycles. The molecule has 2 aromatic carbocycles. The average molecular weight is 391 g/mol. The number of hydrogen-bond donors (Lipinski definition) is 0. The average Bonchev–Trinajstić information content (AvgIpc) is 3.44. The van der Waals surface area contributed by atoms with Crippen molar-refractivity contribution in [3.05, 3.63) is 93.1 Å². The lowest BCUT2D eigenvalue weighted by Crippen LogP contribution is -2.26. The first-order valence-corrected chi connectivity index (χ1v) is 11.6. The van der Waals surface area contributed by atoms with E-state index in [1.54, 1.807) is 11.1 Å². The fourth-order valence-corrected chi connectivity index (χ4v) is 6.40. The van der Waals surface area contributed by atoms with Crippen LogP contribution in [0.15, 0.2) is 54.1 Å². The normalized spacial score (nSPS) is 24.8. The van der Waals surface area contributed by atoms with E-state index in [0.29, 0.717) is 5.92 Å². The van der Waals surface area contributed by atoms with E-state index in [-0.39, 0.29) is 6.10 Å². The van der Waals surface area contributed by atoms with Crippen LogP contribution in [0.1, 0.15) is 70.5 Å². The topological polar surface area (TPSA) is 9.23 Å². The minimum absolute atomic E-state index is 0.246. The summed E-state index contributed by atoms with van der Waals surface area (Å²) in [4.78, 5) is 0. The number of hydrogen-bond acceptors (Lipinski definition) is 1. The minimum atomic E-state index is 0.246. The molecule has 148 valence electrons. The fourth-order valence-electron chi connectivity index (χ4n) is 6.40. The summed E-state index contributed by atoms with van der Waals surface area (Å²) in [5.74, 6) is 1.56. The van der Waals surface area contributed by atoms with Crippen molar-refractivity contribution in [3.8, 4) is 5.75 Å².